The second-order valence-corrected chi connectivity index (χ2v) is 7.23. The molecule has 0 unspecified atom stereocenters. The molecule has 3 aliphatic rings. The van der Waals surface area contributed by atoms with Crippen LogP contribution in [0.5, 0.6) is 0 Å². The Bertz CT molecular complexity index is 491. The smallest absolute Gasteiger partial charge is 0.311 e. The van der Waals surface area contributed by atoms with E-state index in [9.17, 15) is 4.79 Å². The molecule has 0 aromatic heterocycles. The first-order valence-corrected chi connectivity index (χ1v) is 8.97. The van der Waals surface area contributed by atoms with Crippen molar-refractivity contribution in [3.05, 3.63) is 23.3 Å². The number of allylic oxidation sites excluding steroid dienone is 3. The fraction of sp³-hybridized carbons (Fsp3) is 0.737. The van der Waals surface area contributed by atoms with Crippen molar-refractivity contribution in [3.63, 3.8) is 0 Å². The van der Waals surface area contributed by atoms with Gasteiger partial charge in [0.05, 0.1) is 19.1 Å². The van der Waals surface area contributed by atoms with Crippen molar-refractivity contribution in [2.24, 2.45) is 11.8 Å². The lowest BCUT2D eigenvalue weighted by atomic mass is 9.83. The maximum Gasteiger partial charge on any atom is 0.311 e. The van der Waals surface area contributed by atoms with Gasteiger partial charge < -0.3 is 9.47 Å². The van der Waals surface area contributed by atoms with Gasteiger partial charge in [-0.05, 0) is 45.6 Å². The zero-order chi connectivity index (χ0) is 16.2. The van der Waals surface area contributed by atoms with Gasteiger partial charge in [0.25, 0.3) is 0 Å². The number of esters is 1. The number of fused-ring (bicyclic) bond motifs is 1. The highest BCUT2D eigenvalue weighted by Gasteiger charge is 2.44. The summed E-state index contributed by atoms with van der Waals surface area (Å²) in [6, 6.07) is 0. The molecule has 2 fully saturated rings. The lowest BCUT2D eigenvalue weighted by molar-refractivity contribution is -0.143. The summed E-state index contributed by atoms with van der Waals surface area (Å²) in [7, 11) is 0. The molecular weight excluding hydrogens is 290 g/mol. The Labute approximate surface area is 139 Å². The normalized spacial score (nSPS) is 35.7. The van der Waals surface area contributed by atoms with Crippen LogP contribution in [-0.4, -0.2) is 49.8 Å². The van der Waals surface area contributed by atoms with Gasteiger partial charge >= 0.3 is 5.97 Å². The molecule has 0 aromatic carbocycles. The second-order valence-electron chi connectivity index (χ2n) is 7.23. The predicted molar refractivity (Wildman–Crippen MR) is 90.1 cm³/mol. The minimum Gasteiger partial charge on any atom is -0.458 e. The molecule has 0 bridgehead atoms. The summed E-state index contributed by atoms with van der Waals surface area (Å²) in [4.78, 5) is 14.8. The van der Waals surface area contributed by atoms with Crippen LogP contribution in [0.2, 0.25) is 0 Å². The van der Waals surface area contributed by atoms with Crippen LogP contribution in [0, 0.1) is 11.8 Å². The van der Waals surface area contributed by atoms with E-state index in [1.807, 2.05) is 0 Å². The van der Waals surface area contributed by atoms with Crippen molar-refractivity contribution < 1.29 is 14.3 Å². The maximum absolute atomic E-state index is 12.5. The van der Waals surface area contributed by atoms with Gasteiger partial charge in [0.15, 0.2) is 0 Å². The monoisotopic (exact) mass is 319 g/mol. The van der Waals surface area contributed by atoms with Gasteiger partial charge in [0.2, 0.25) is 0 Å². The number of carbonyl (C=O) groups excluding carboxylic acids is 1. The highest BCUT2D eigenvalue weighted by Crippen LogP contribution is 2.36. The molecule has 128 valence electrons. The Balaban J connectivity index is 1.74. The first-order valence-electron chi connectivity index (χ1n) is 8.97. The molecule has 2 aliphatic heterocycles. The zero-order valence-corrected chi connectivity index (χ0v) is 14.4. The van der Waals surface area contributed by atoms with Crippen LogP contribution < -0.4 is 0 Å². The van der Waals surface area contributed by atoms with Gasteiger partial charge in [0.1, 0.15) is 6.10 Å². The van der Waals surface area contributed by atoms with Crippen molar-refractivity contribution in [1.29, 1.82) is 0 Å². The van der Waals surface area contributed by atoms with Crippen molar-refractivity contribution >= 4 is 5.97 Å². The SMILES string of the molecule is CC1=CCC/C(C)=C/[C@H]2OC(=O)[C@@H](CN3CCOCC3)[C@@H]2CC1. The lowest BCUT2D eigenvalue weighted by Crippen LogP contribution is -2.41. The largest absolute Gasteiger partial charge is 0.458 e. The molecule has 4 heteroatoms. The second kappa shape index (κ2) is 7.63. The molecule has 2 heterocycles. The minimum atomic E-state index is -0.0283. The van der Waals surface area contributed by atoms with E-state index in [0.717, 1.165) is 58.5 Å². The van der Waals surface area contributed by atoms with E-state index in [1.165, 1.54) is 11.1 Å². The van der Waals surface area contributed by atoms with Crippen molar-refractivity contribution in [2.75, 3.05) is 32.8 Å². The van der Waals surface area contributed by atoms with Crippen LogP contribution in [0.3, 0.4) is 0 Å². The quantitative estimate of drug-likeness (QED) is 0.579. The van der Waals surface area contributed by atoms with E-state index in [1.54, 1.807) is 0 Å². The van der Waals surface area contributed by atoms with Crippen LogP contribution in [0.1, 0.15) is 39.5 Å². The number of hydrogen-bond donors (Lipinski definition) is 0. The van der Waals surface area contributed by atoms with E-state index >= 15 is 0 Å². The summed E-state index contributed by atoms with van der Waals surface area (Å²) >= 11 is 0. The molecular formula is C19H29NO3. The van der Waals surface area contributed by atoms with E-state index < -0.39 is 0 Å². The third kappa shape index (κ3) is 4.24. The molecule has 23 heavy (non-hydrogen) atoms. The van der Waals surface area contributed by atoms with Crippen LogP contribution in [0.4, 0.5) is 0 Å². The summed E-state index contributed by atoms with van der Waals surface area (Å²) in [5, 5.41) is 0. The predicted octanol–water partition coefficient (Wildman–Crippen LogP) is 2.94. The van der Waals surface area contributed by atoms with Gasteiger partial charge in [-0.3, -0.25) is 9.69 Å². The topological polar surface area (TPSA) is 38.8 Å². The Morgan fingerprint density at radius 3 is 2.74 bits per heavy atom. The first kappa shape index (κ1) is 16.7. The zero-order valence-electron chi connectivity index (χ0n) is 14.4. The fourth-order valence-corrected chi connectivity index (χ4v) is 3.91. The highest BCUT2D eigenvalue weighted by atomic mass is 16.6. The van der Waals surface area contributed by atoms with Crippen molar-refractivity contribution in [1.82, 2.24) is 4.90 Å². The Morgan fingerprint density at radius 2 is 1.96 bits per heavy atom. The van der Waals surface area contributed by atoms with Gasteiger partial charge in [-0.2, -0.15) is 0 Å². The van der Waals surface area contributed by atoms with Crippen LogP contribution in [-0.2, 0) is 14.3 Å². The average molecular weight is 319 g/mol. The molecule has 3 rings (SSSR count). The molecule has 0 spiro atoms. The third-order valence-corrected chi connectivity index (χ3v) is 5.40. The molecule has 0 saturated carbocycles. The number of hydrogen-bond acceptors (Lipinski definition) is 4. The van der Waals surface area contributed by atoms with Crippen LogP contribution in [0.25, 0.3) is 0 Å². The van der Waals surface area contributed by atoms with Crippen molar-refractivity contribution in [2.45, 2.75) is 45.6 Å². The number of nitrogens with zero attached hydrogens (tertiary/aromatic N) is 1. The lowest BCUT2D eigenvalue weighted by Gasteiger charge is -2.30. The van der Waals surface area contributed by atoms with E-state index in [2.05, 4.69) is 30.9 Å². The number of carbonyl (C=O) groups is 1. The van der Waals surface area contributed by atoms with Gasteiger partial charge in [-0.15, -0.1) is 0 Å². The Morgan fingerprint density at radius 1 is 1.17 bits per heavy atom. The molecule has 2 saturated heterocycles. The van der Waals surface area contributed by atoms with Gasteiger partial charge in [0, 0.05) is 25.6 Å². The third-order valence-electron chi connectivity index (χ3n) is 5.40. The van der Waals surface area contributed by atoms with Crippen LogP contribution >= 0.6 is 0 Å². The average Bonchev–Trinajstić information content (AvgIpc) is 2.81. The maximum atomic E-state index is 12.5. The molecule has 1 aliphatic carbocycles. The van der Waals surface area contributed by atoms with Crippen LogP contribution in [0.15, 0.2) is 23.3 Å². The minimum absolute atomic E-state index is 0.00331. The molecule has 0 amide bonds. The molecule has 4 nitrogen and oxygen atoms in total. The summed E-state index contributed by atoms with van der Waals surface area (Å²) < 4.78 is 11.2. The fourth-order valence-electron chi connectivity index (χ4n) is 3.91. The number of ether oxygens (including phenoxy) is 2. The van der Waals surface area contributed by atoms with E-state index in [4.69, 9.17) is 9.47 Å². The Hall–Kier alpha value is -1.13. The van der Waals surface area contributed by atoms with E-state index in [-0.39, 0.29) is 18.0 Å². The van der Waals surface area contributed by atoms with Crippen molar-refractivity contribution in [3.8, 4) is 0 Å². The number of rotatable bonds is 2. The first-order chi connectivity index (χ1) is 11.1. The Kier molecular flexibility index (Phi) is 5.54. The molecule has 0 aromatic rings. The summed E-state index contributed by atoms with van der Waals surface area (Å²) in [6.07, 6.45) is 8.80. The molecule has 3 atom stereocenters. The van der Waals surface area contributed by atoms with Gasteiger partial charge in [-0.25, -0.2) is 0 Å². The summed E-state index contributed by atoms with van der Waals surface area (Å²) in [5.74, 6) is 0.313. The summed E-state index contributed by atoms with van der Waals surface area (Å²) in [6.45, 7) is 8.59. The van der Waals surface area contributed by atoms with Gasteiger partial charge in [-0.1, -0.05) is 17.2 Å². The molecule has 0 radical (unpaired) electrons. The molecule has 0 N–H and O–H groups in total. The standard InChI is InChI=1S/C19H29NO3/c1-14-4-3-5-15(2)12-18-16(7-6-14)17(19(21)23-18)13-20-8-10-22-11-9-20/h4,12,16-18H,3,5-11,13H2,1-2H3/b14-4?,15-12+/t16-,17-,18+/m0/s1. The summed E-state index contributed by atoms with van der Waals surface area (Å²) in [5.41, 5.74) is 2.79. The highest BCUT2D eigenvalue weighted by molar-refractivity contribution is 5.76. The van der Waals surface area contributed by atoms with E-state index in [0.29, 0.717) is 5.92 Å². The number of morpholine rings is 1.